The molecule has 0 radical (unpaired) electrons. The zero-order chi connectivity index (χ0) is 17.6. The highest BCUT2D eigenvalue weighted by molar-refractivity contribution is 7.52. The first-order chi connectivity index (χ1) is 10.6. The molecule has 1 atom stereocenters. The van der Waals surface area contributed by atoms with Crippen molar-refractivity contribution in [3.8, 4) is 0 Å². The summed E-state index contributed by atoms with van der Waals surface area (Å²) in [5, 5.41) is 11.5. The number of hydrogen-bond donors (Lipinski definition) is 4. The van der Waals surface area contributed by atoms with E-state index in [2.05, 4.69) is 10.2 Å². The Morgan fingerprint density at radius 2 is 1.78 bits per heavy atom. The number of hydroxylamine groups is 2. The number of aliphatic hydroxyl groups excluding tert-OH is 1. The number of nitrogens with one attached hydrogen (secondary N) is 1. The van der Waals surface area contributed by atoms with E-state index in [4.69, 9.17) is 14.9 Å². The van der Waals surface area contributed by atoms with Crippen molar-refractivity contribution >= 4 is 31.3 Å². The minimum Gasteiger partial charge on any atom is -0.379 e. The molecule has 0 bridgehead atoms. The highest BCUT2D eigenvalue weighted by Crippen LogP contribution is 2.38. The van der Waals surface area contributed by atoms with Crippen LogP contribution in [0.15, 0.2) is 0 Å². The molecule has 11 nitrogen and oxygen atoms in total. The molecule has 23 heavy (non-hydrogen) atoms. The molecular weight excluding hydrogens is 335 g/mol. The highest BCUT2D eigenvalue weighted by Gasteiger charge is 2.32. The minimum absolute atomic E-state index is 0.0174. The molecule has 3 amide bonds. The van der Waals surface area contributed by atoms with Gasteiger partial charge in [0.25, 0.3) is 11.8 Å². The van der Waals surface area contributed by atoms with Crippen LogP contribution in [-0.4, -0.2) is 56.0 Å². The molecule has 12 heteroatoms. The molecule has 1 rings (SSSR count). The zero-order valence-corrected chi connectivity index (χ0v) is 12.9. The maximum Gasteiger partial charge on any atom is 0.355 e. The van der Waals surface area contributed by atoms with Crippen molar-refractivity contribution in [2.45, 2.75) is 37.9 Å². The zero-order valence-electron chi connectivity index (χ0n) is 12.0. The van der Waals surface area contributed by atoms with Gasteiger partial charge in [-0.2, -0.15) is 0 Å². The molecule has 1 saturated heterocycles. The molecule has 130 valence electrons. The molecule has 0 spiro atoms. The lowest BCUT2D eigenvalue weighted by Gasteiger charge is -2.13. The molecule has 0 aliphatic carbocycles. The summed E-state index contributed by atoms with van der Waals surface area (Å²) in [4.78, 5) is 67.0. The van der Waals surface area contributed by atoms with Crippen molar-refractivity contribution in [2.75, 3.05) is 6.54 Å². The fraction of sp³-hybridized carbons (Fsp3) is 0.636. The molecule has 0 aromatic rings. The van der Waals surface area contributed by atoms with Gasteiger partial charge in [0.15, 0.2) is 5.85 Å². The van der Waals surface area contributed by atoms with Crippen molar-refractivity contribution in [1.82, 2.24) is 10.4 Å². The molecule has 4 N–H and O–H groups in total. The van der Waals surface area contributed by atoms with Gasteiger partial charge < -0.3 is 25.0 Å². The highest BCUT2D eigenvalue weighted by atomic mass is 31.2. The van der Waals surface area contributed by atoms with Crippen LogP contribution in [0.5, 0.6) is 0 Å². The third-order valence-corrected chi connectivity index (χ3v) is 3.81. The summed E-state index contributed by atoms with van der Waals surface area (Å²) in [5.74, 6) is -4.68. The van der Waals surface area contributed by atoms with E-state index in [9.17, 15) is 23.7 Å². The first-order valence-corrected chi connectivity index (χ1v) is 8.36. The lowest BCUT2D eigenvalue weighted by Crippen LogP contribution is -2.33. The van der Waals surface area contributed by atoms with Gasteiger partial charge in [-0.25, -0.2) is 4.79 Å². The van der Waals surface area contributed by atoms with Gasteiger partial charge in [0, 0.05) is 25.7 Å². The quantitative estimate of drug-likeness (QED) is 0.296. The van der Waals surface area contributed by atoms with Gasteiger partial charge in [-0.1, -0.05) is 0 Å². The monoisotopic (exact) mass is 352 g/mol. The summed E-state index contributed by atoms with van der Waals surface area (Å²) in [6, 6.07) is 0. The topological polar surface area (TPSA) is 171 Å². The number of nitrogens with zero attached hydrogens (tertiary/aromatic N) is 1. The van der Waals surface area contributed by atoms with Crippen molar-refractivity contribution in [2.24, 2.45) is 0 Å². The van der Waals surface area contributed by atoms with Crippen LogP contribution in [0.25, 0.3) is 0 Å². The Balaban J connectivity index is 2.22. The predicted molar refractivity (Wildman–Crippen MR) is 72.1 cm³/mol. The smallest absolute Gasteiger partial charge is 0.355 e. The van der Waals surface area contributed by atoms with E-state index in [0.717, 1.165) is 0 Å². The molecule has 1 aliphatic rings. The maximum absolute atomic E-state index is 11.4. The van der Waals surface area contributed by atoms with Crippen LogP contribution >= 0.6 is 7.60 Å². The van der Waals surface area contributed by atoms with Crippen LogP contribution < -0.4 is 5.32 Å². The van der Waals surface area contributed by atoms with Crippen molar-refractivity contribution in [3.63, 3.8) is 0 Å². The van der Waals surface area contributed by atoms with Crippen molar-refractivity contribution in [3.05, 3.63) is 0 Å². The summed E-state index contributed by atoms with van der Waals surface area (Å²) in [5.41, 5.74) is 0. The molecule has 0 aromatic heterocycles. The predicted octanol–water partition coefficient (Wildman–Crippen LogP) is -1.62. The number of hydrogen-bond acceptors (Lipinski definition) is 7. The second kappa shape index (κ2) is 8.16. The Bertz CT molecular complexity index is 528. The second-order valence-electron chi connectivity index (χ2n) is 4.77. The Kier molecular flexibility index (Phi) is 6.82. The first kappa shape index (κ1) is 19.2. The molecule has 1 aliphatic heterocycles. The van der Waals surface area contributed by atoms with Crippen LogP contribution in [0.2, 0.25) is 0 Å². The van der Waals surface area contributed by atoms with E-state index in [1.54, 1.807) is 0 Å². The lowest BCUT2D eigenvalue weighted by atomic mass is 10.2. The number of aliphatic hydroxyl groups is 1. The number of carbonyl (C=O) groups is 4. The fourth-order valence-corrected chi connectivity index (χ4v) is 1.94. The van der Waals surface area contributed by atoms with Crippen molar-refractivity contribution < 1.29 is 43.5 Å². The summed E-state index contributed by atoms with van der Waals surface area (Å²) in [6.45, 7) is -0.621. The fourth-order valence-electron chi connectivity index (χ4n) is 1.61. The van der Waals surface area contributed by atoms with Gasteiger partial charge in [-0.15, -0.1) is 5.06 Å². The number of imide groups is 1. The van der Waals surface area contributed by atoms with Crippen LogP contribution in [0.3, 0.4) is 0 Å². The lowest BCUT2D eigenvalue weighted by molar-refractivity contribution is -0.197. The summed E-state index contributed by atoms with van der Waals surface area (Å²) in [7, 11) is -4.69. The number of carbonyl (C=O) groups excluding carboxylic acids is 4. The van der Waals surface area contributed by atoms with E-state index in [1.807, 2.05) is 0 Å². The molecule has 0 saturated carbocycles. The number of rotatable bonds is 8. The van der Waals surface area contributed by atoms with E-state index in [1.165, 1.54) is 0 Å². The summed E-state index contributed by atoms with van der Waals surface area (Å²) < 4.78 is 10.6. The largest absolute Gasteiger partial charge is 0.379 e. The van der Waals surface area contributed by atoms with Gasteiger partial charge in [0.05, 0.1) is 6.54 Å². The standard InChI is InChI=1S/C11H17N2O9P/c14-7(12-6-11(18)23(19,20)21)2-1-3-10(17)22-13-8(15)4-5-9(13)16/h11,18H,1-6H2,(H,12,14)(H2,19,20,21). The second-order valence-corrected chi connectivity index (χ2v) is 6.55. The van der Waals surface area contributed by atoms with E-state index >= 15 is 0 Å². The molecular formula is C11H17N2O9P. The minimum atomic E-state index is -4.69. The molecule has 0 aromatic carbocycles. The van der Waals surface area contributed by atoms with Gasteiger partial charge in [-0.3, -0.25) is 18.9 Å². The molecule has 1 heterocycles. The third-order valence-electron chi connectivity index (χ3n) is 2.85. The van der Waals surface area contributed by atoms with E-state index < -0.39 is 43.7 Å². The summed E-state index contributed by atoms with van der Waals surface area (Å²) >= 11 is 0. The Morgan fingerprint density at radius 1 is 1.22 bits per heavy atom. The number of amides is 3. The Labute approximate surface area is 130 Å². The SMILES string of the molecule is O=C(CCCC(=O)ON1C(=O)CCC1=O)NCC(O)P(=O)(O)O. The van der Waals surface area contributed by atoms with E-state index in [0.29, 0.717) is 5.06 Å². The van der Waals surface area contributed by atoms with Crippen LogP contribution in [-0.2, 0) is 28.6 Å². The van der Waals surface area contributed by atoms with Crippen LogP contribution in [0.4, 0.5) is 0 Å². The van der Waals surface area contributed by atoms with Gasteiger partial charge >= 0.3 is 13.6 Å². The average Bonchev–Trinajstić information content (AvgIpc) is 2.75. The molecule has 1 unspecified atom stereocenters. The van der Waals surface area contributed by atoms with E-state index in [-0.39, 0.29) is 32.1 Å². The third kappa shape index (κ3) is 6.45. The average molecular weight is 352 g/mol. The van der Waals surface area contributed by atoms with Crippen LogP contribution in [0, 0.1) is 0 Å². The van der Waals surface area contributed by atoms with Gasteiger partial charge in [0.2, 0.25) is 5.91 Å². The normalized spacial score (nSPS) is 16.4. The Hall–Kier alpha value is -1.81. The van der Waals surface area contributed by atoms with Crippen LogP contribution in [0.1, 0.15) is 32.1 Å². The maximum atomic E-state index is 11.4. The summed E-state index contributed by atoms with van der Waals surface area (Å²) in [6.07, 6.45) is -0.393. The van der Waals surface area contributed by atoms with Gasteiger partial charge in [-0.05, 0) is 6.42 Å². The Morgan fingerprint density at radius 3 is 2.30 bits per heavy atom. The molecule has 1 fully saturated rings. The van der Waals surface area contributed by atoms with Gasteiger partial charge in [0.1, 0.15) is 0 Å². The van der Waals surface area contributed by atoms with Crippen molar-refractivity contribution in [1.29, 1.82) is 0 Å². The first-order valence-electron chi connectivity index (χ1n) is 6.68.